The number of hydrogen-bond acceptors (Lipinski definition) is 3. The number of hydrogen-bond donors (Lipinski definition) is 1. The lowest BCUT2D eigenvalue weighted by Gasteiger charge is -2.35. The lowest BCUT2D eigenvalue weighted by atomic mass is 10.0. The molecule has 0 aliphatic carbocycles. The van der Waals surface area contributed by atoms with Gasteiger partial charge >= 0.3 is 0 Å². The molecule has 136 valence electrons. The van der Waals surface area contributed by atoms with Gasteiger partial charge in [0.05, 0.1) is 17.2 Å². The van der Waals surface area contributed by atoms with Crippen LogP contribution < -0.4 is 10.1 Å². The van der Waals surface area contributed by atoms with Gasteiger partial charge in [0.2, 0.25) is 5.91 Å². The van der Waals surface area contributed by atoms with Crippen molar-refractivity contribution in [1.82, 2.24) is 10.2 Å². The maximum absolute atomic E-state index is 13.2. The van der Waals surface area contributed by atoms with Gasteiger partial charge in [-0.25, -0.2) is 4.39 Å². The predicted molar refractivity (Wildman–Crippen MR) is 96.2 cm³/mol. The Bertz CT molecular complexity index is 858. The lowest BCUT2D eigenvalue weighted by Crippen LogP contribution is -2.52. The molecule has 2 amide bonds. The van der Waals surface area contributed by atoms with Crippen molar-refractivity contribution in [3.05, 3.63) is 63.4 Å². The molecule has 1 saturated heterocycles. The summed E-state index contributed by atoms with van der Waals surface area (Å²) in [5.74, 6) is -1.12. The number of amides is 2. The zero-order valence-electron chi connectivity index (χ0n) is 13.8. The molecule has 0 aromatic heterocycles. The van der Waals surface area contributed by atoms with E-state index in [1.54, 1.807) is 0 Å². The third-order valence-corrected chi connectivity index (χ3v) is 4.75. The van der Waals surface area contributed by atoms with Crippen molar-refractivity contribution in [3.63, 3.8) is 0 Å². The van der Waals surface area contributed by atoms with Gasteiger partial charge in [0, 0.05) is 13.1 Å². The molecule has 1 atom stereocenters. The maximum Gasteiger partial charge on any atom is 0.260 e. The second-order valence-electron chi connectivity index (χ2n) is 5.68. The first-order chi connectivity index (χ1) is 12.4. The third-order valence-electron chi connectivity index (χ3n) is 4.14. The molecule has 1 fully saturated rings. The Morgan fingerprint density at radius 3 is 2.50 bits per heavy atom. The van der Waals surface area contributed by atoms with Crippen LogP contribution in [-0.2, 0) is 4.79 Å². The van der Waals surface area contributed by atoms with Crippen LogP contribution in [-0.4, -0.2) is 36.9 Å². The summed E-state index contributed by atoms with van der Waals surface area (Å²) in [5.41, 5.74) is 0.581. The maximum atomic E-state index is 13.2. The zero-order valence-corrected chi connectivity index (χ0v) is 15.3. The molecule has 1 heterocycles. The van der Waals surface area contributed by atoms with Crippen molar-refractivity contribution in [2.24, 2.45) is 0 Å². The average molecular weight is 397 g/mol. The molecule has 1 aliphatic rings. The van der Waals surface area contributed by atoms with E-state index < -0.39 is 17.8 Å². The summed E-state index contributed by atoms with van der Waals surface area (Å²) in [6.45, 7) is 0.557. The fourth-order valence-electron chi connectivity index (χ4n) is 2.94. The van der Waals surface area contributed by atoms with Gasteiger partial charge in [-0.2, -0.15) is 0 Å². The first-order valence-electron chi connectivity index (χ1n) is 7.80. The highest BCUT2D eigenvalue weighted by atomic mass is 35.5. The second kappa shape index (κ2) is 7.51. The van der Waals surface area contributed by atoms with Crippen molar-refractivity contribution >= 4 is 35.0 Å². The Kier molecular flexibility index (Phi) is 5.34. The van der Waals surface area contributed by atoms with E-state index in [0.29, 0.717) is 12.1 Å². The Morgan fingerprint density at radius 2 is 1.85 bits per heavy atom. The third kappa shape index (κ3) is 3.34. The highest BCUT2D eigenvalue weighted by molar-refractivity contribution is 6.37. The van der Waals surface area contributed by atoms with E-state index in [2.05, 4.69) is 5.32 Å². The zero-order chi connectivity index (χ0) is 18.8. The summed E-state index contributed by atoms with van der Waals surface area (Å²) in [5, 5.41) is 3.12. The molecule has 3 rings (SSSR count). The van der Waals surface area contributed by atoms with Gasteiger partial charge in [-0.3, -0.25) is 9.59 Å². The summed E-state index contributed by atoms with van der Waals surface area (Å²) in [6, 6.07) is 7.55. The molecule has 1 N–H and O–H groups in total. The minimum absolute atomic E-state index is 0.0866. The van der Waals surface area contributed by atoms with E-state index in [1.165, 1.54) is 48.4 Å². The molecule has 0 radical (unpaired) electrons. The molecule has 1 unspecified atom stereocenters. The van der Waals surface area contributed by atoms with Gasteiger partial charge < -0.3 is 15.0 Å². The predicted octanol–water partition coefficient (Wildman–Crippen LogP) is 3.45. The molecule has 5 nitrogen and oxygen atoms in total. The molecule has 2 aromatic rings. The van der Waals surface area contributed by atoms with Crippen LogP contribution in [0.15, 0.2) is 36.4 Å². The van der Waals surface area contributed by atoms with Crippen LogP contribution in [0.4, 0.5) is 4.39 Å². The Labute approximate surface area is 159 Å². The number of ether oxygens (including phenoxy) is 1. The van der Waals surface area contributed by atoms with E-state index in [1.807, 2.05) is 0 Å². The molecule has 1 aliphatic heterocycles. The van der Waals surface area contributed by atoms with Crippen LogP contribution in [0.25, 0.3) is 0 Å². The quantitative estimate of drug-likeness (QED) is 0.863. The number of carbonyl (C=O) groups is 2. The monoisotopic (exact) mass is 396 g/mol. The van der Waals surface area contributed by atoms with Crippen molar-refractivity contribution in [1.29, 1.82) is 0 Å². The standard InChI is InChI=1S/C18H15Cl2FN2O3/c1-26-16-13(20)7-6-12(19)14(16)18(25)23-9-8-22-17(24)15(23)10-2-4-11(21)5-3-10/h2-7,15H,8-9H2,1H3,(H,22,24). The summed E-state index contributed by atoms with van der Waals surface area (Å²) >= 11 is 12.3. The lowest BCUT2D eigenvalue weighted by molar-refractivity contribution is -0.128. The van der Waals surface area contributed by atoms with E-state index in [0.717, 1.165) is 0 Å². The van der Waals surface area contributed by atoms with E-state index in [4.69, 9.17) is 27.9 Å². The Hall–Kier alpha value is -2.31. The smallest absolute Gasteiger partial charge is 0.260 e. The normalized spacial score (nSPS) is 17.0. The number of rotatable bonds is 3. The van der Waals surface area contributed by atoms with Crippen molar-refractivity contribution < 1.29 is 18.7 Å². The molecule has 0 bridgehead atoms. The summed E-state index contributed by atoms with van der Waals surface area (Å²) in [6.07, 6.45) is 0. The van der Waals surface area contributed by atoms with E-state index in [-0.39, 0.29) is 33.8 Å². The minimum atomic E-state index is -0.906. The van der Waals surface area contributed by atoms with Crippen LogP contribution in [0.1, 0.15) is 22.0 Å². The number of halogens is 3. The fourth-order valence-corrected chi connectivity index (χ4v) is 3.40. The van der Waals surface area contributed by atoms with Crippen LogP contribution in [0.3, 0.4) is 0 Å². The summed E-state index contributed by atoms with van der Waals surface area (Å²) in [4.78, 5) is 27.0. The summed E-state index contributed by atoms with van der Waals surface area (Å²) in [7, 11) is 1.38. The van der Waals surface area contributed by atoms with Gasteiger partial charge in [0.15, 0.2) is 5.75 Å². The number of nitrogens with zero attached hydrogens (tertiary/aromatic N) is 1. The highest BCUT2D eigenvalue weighted by Crippen LogP contribution is 2.36. The van der Waals surface area contributed by atoms with Gasteiger partial charge in [0.25, 0.3) is 5.91 Å². The van der Waals surface area contributed by atoms with Crippen LogP contribution in [0, 0.1) is 5.82 Å². The average Bonchev–Trinajstić information content (AvgIpc) is 2.63. The molecular weight excluding hydrogens is 382 g/mol. The summed E-state index contributed by atoms with van der Waals surface area (Å²) < 4.78 is 18.5. The molecule has 0 spiro atoms. The number of methoxy groups -OCH3 is 1. The molecule has 0 saturated carbocycles. The van der Waals surface area contributed by atoms with Gasteiger partial charge in [0.1, 0.15) is 17.4 Å². The number of benzene rings is 2. The van der Waals surface area contributed by atoms with Crippen molar-refractivity contribution in [3.8, 4) is 5.75 Å². The van der Waals surface area contributed by atoms with Crippen molar-refractivity contribution in [2.45, 2.75) is 6.04 Å². The fraction of sp³-hybridized carbons (Fsp3) is 0.222. The SMILES string of the molecule is COc1c(Cl)ccc(Cl)c1C(=O)N1CCNC(=O)C1c1ccc(F)cc1. The first kappa shape index (κ1) is 18.5. The molecule has 2 aromatic carbocycles. The molecular formula is C18H15Cl2FN2O3. The highest BCUT2D eigenvalue weighted by Gasteiger charge is 2.37. The van der Waals surface area contributed by atoms with Crippen LogP contribution in [0.5, 0.6) is 5.75 Å². The van der Waals surface area contributed by atoms with Gasteiger partial charge in [-0.05, 0) is 29.8 Å². The van der Waals surface area contributed by atoms with Gasteiger partial charge in [-0.1, -0.05) is 35.3 Å². The van der Waals surface area contributed by atoms with Gasteiger partial charge in [-0.15, -0.1) is 0 Å². The number of nitrogens with one attached hydrogen (secondary N) is 1. The van der Waals surface area contributed by atoms with Crippen LogP contribution >= 0.6 is 23.2 Å². The topological polar surface area (TPSA) is 58.6 Å². The number of piperazine rings is 1. The van der Waals surface area contributed by atoms with E-state index >= 15 is 0 Å². The van der Waals surface area contributed by atoms with Crippen molar-refractivity contribution in [2.75, 3.05) is 20.2 Å². The molecule has 8 heteroatoms. The van der Waals surface area contributed by atoms with Crippen LogP contribution in [0.2, 0.25) is 10.0 Å². The Balaban J connectivity index is 2.06. The van der Waals surface area contributed by atoms with E-state index in [9.17, 15) is 14.0 Å². The minimum Gasteiger partial charge on any atom is -0.494 e. The second-order valence-corrected chi connectivity index (χ2v) is 6.50. The first-order valence-corrected chi connectivity index (χ1v) is 8.55. The Morgan fingerprint density at radius 1 is 1.19 bits per heavy atom. The molecule has 26 heavy (non-hydrogen) atoms. The largest absolute Gasteiger partial charge is 0.494 e. The number of carbonyl (C=O) groups excluding carboxylic acids is 2.